The van der Waals surface area contributed by atoms with E-state index in [1.165, 1.54) is 32.2 Å². The molecule has 1 aliphatic rings. The molecule has 0 aromatic rings. The molecule has 1 rings (SSSR count). The molecule has 0 aromatic heterocycles. The second-order valence-corrected chi connectivity index (χ2v) is 4.73. The maximum Gasteiger partial charge on any atom is 0.0192 e. The van der Waals surface area contributed by atoms with Gasteiger partial charge >= 0.3 is 0 Å². The lowest BCUT2D eigenvalue weighted by Crippen LogP contribution is -2.45. The van der Waals surface area contributed by atoms with Crippen molar-refractivity contribution < 1.29 is 0 Å². The molecule has 14 heavy (non-hydrogen) atoms. The zero-order chi connectivity index (χ0) is 10.4. The highest BCUT2D eigenvalue weighted by Gasteiger charge is 2.15. The zero-order valence-electron chi connectivity index (χ0n) is 9.97. The van der Waals surface area contributed by atoms with Crippen molar-refractivity contribution in [1.29, 1.82) is 0 Å². The quantitative estimate of drug-likeness (QED) is 0.707. The SMILES string of the molecule is CCC(C)C(C)NCC1CCCCN1. The predicted octanol–water partition coefficient (Wildman–Crippen LogP) is 2.15. The van der Waals surface area contributed by atoms with Gasteiger partial charge in [0.2, 0.25) is 0 Å². The Morgan fingerprint density at radius 2 is 2.14 bits per heavy atom. The molecule has 0 radical (unpaired) electrons. The fraction of sp³-hybridized carbons (Fsp3) is 1.00. The Kier molecular flexibility index (Phi) is 5.49. The van der Waals surface area contributed by atoms with Crippen LogP contribution in [-0.4, -0.2) is 25.2 Å². The predicted molar refractivity (Wildman–Crippen MR) is 62.6 cm³/mol. The van der Waals surface area contributed by atoms with E-state index in [-0.39, 0.29) is 0 Å². The first-order valence-corrected chi connectivity index (χ1v) is 6.20. The molecule has 2 heteroatoms. The van der Waals surface area contributed by atoms with E-state index in [0.29, 0.717) is 6.04 Å². The van der Waals surface area contributed by atoms with Crippen LogP contribution < -0.4 is 10.6 Å². The van der Waals surface area contributed by atoms with Gasteiger partial charge in [-0.25, -0.2) is 0 Å². The third kappa shape index (κ3) is 3.97. The van der Waals surface area contributed by atoms with Gasteiger partial charge in [0, 0.05) is 18.6 Å². The van der Waals surface area contributed by atoms with Gasteiger partial charge in [0.1, 0.15) is 0 Å². The molecule has 2 N–H and O–H groups in total. The summed E-state index contributed by atoms with van der Waals surface area (Å²) in [5, 5.41) is 7.21. The van der Waals surface area contributed by atoms with Gasteiger partial charge < -0.3 is 10.6 Å². The van der Waals surface area contributed by atoms with Crippen LogP contribution in [0.1, 0.15) is 46.5 Å². The Bertz CT molecular complexity index is 139. The maximum absolute atomic E-state index is 3.64. The summed E-state index contributed by atoms with van der Waals surface area (Å²) < 4.78 is 0. The molecule has 0 spiro atoms. The Hall–Kier alpha value is -0.0800. The number of piperidine rings is 1. The van der Waals surface area contributed by atoms with E-state index < -0.39 is 0 Å². The van der Waals surface area contributed by atoms with Gasteiger partial charge in [-0.15, -0.1) is 0 Å². The van der Waals surface area contributed by atoms with Gasteiger partial charge in [-0.3, -0.25) is 0 Å². The van der Waals surface area contributed by atoms with Gasteiger partial charge in [0.15, 0.2) is 0 Å². The van der Waals surface area contributed by atoms with Crippen molar-refractivity contribution >= 4 is 0 Å². The summed E-state index contributed by atoms with van der Waals surface area (Å²) in [6.07, 6.45) is 5.38. The normalized spacial score (nSPS) is 27.2. The van der Waals surface area contributed by atoms with E-state index in [1.807, 2.05) is 0 Å². The Morgan fingerprint density at radius 1 is 1.36 bits per heavy atom. The monoisotopic (exact) mass is 198 g/mol. The Labute approximate surface area is 88.8 Å². The number of hydrogen-bond donors (Lipinski definition) is 2. The minimum atomic E-state index is 0.656. The minimum absolute atomic E-state index is 0.656. The van der Waals surface area contributed by atoms with Crippen LogP contribution in [0.2, 0.25) is 0 Å². The Morgan fingerprint density at radius 3 is 2.71 bits per heavy atom. The Balaban J connectivity index is 2.12. The second kappa shape index (κ2) is 6.41. The topological polar surface area (TPSA) is 24.1 Å². The molecule has 0 aromatic carbocycles. The summed E-state index contributed by atoms with van der Waals surface area (Å²) in [6, 6.07) is 1.37. The smallest absolute Gasteiger partial charge is 0.0192 e. The highest BCUT2D eigenvalue weighted by Crippen LogP contribution is 2.09. The van der Waals surface area contributed by atoms with Crippen LogP contribution >= 0.6 is 0 Å². The fourth-order valence-corrected chi connectivity index (χ4v) is 1.98. The highest BCUT2D eigenvalue weighted by atomic mass is 15.0. The molecule has 0 bridgehead atoms. The van der Waals surface area contributed by atoms with Crippen molar-refractivity contribution in [2.45, 2.75) is 58.5 Å². The standard InChI is InChI=1S/C12H26N2/c1-4-10(2)11(3)14-9-12-7-5-6-8-13-12/h10-14H,4-9H2,1-3H3. The summed E-state index contributed by atoms with van der Waals surface area (Å²) in [4.78, 5) is 0. The molecule has 0 aliphatic carbocycles. The first kappa shape index (κ1) is 12.0. The third-order valence-corrected chi connectivity index (χ3v) is 3.60. The molecule has 0 amide bonds. The van der Waals surface area contributed by atoms with E-state index in [9.17, 15) is 0 Å². The number of rotatable bonds is 5. The van der Waals surface area contributed by atoms with Gasteiger partial charge in [-0.05, 0) is 32.2 Å². The lowest BCUT2D eigenvalue weighted by atomic mass is 9.99. The molecule has 1 heterocycles. The van der Waals surface area contributed by atoms with Crippen molar-refractivity contribution in [1.82, 2.24) is 10.6 Å². The molecule has 1 fully saturated rings. The molecule has 3 atom stereocenters. The molecular formula is C12H26N2. The fourth-order valence-electron chi connectivity index (χ4n) is 1.98. The summed E-state index contributed by atoms with van der Waals surface area (Å²) in [5.74, 6) is 0.790. The number of nitrogens with one attached hydrogen (secondary N) is 2. The molecule has 0 saturated carbocycles. The van der Waals surface area contributed by atoms with Crippen LogP contribution in [0, 0.1) is 5.92 Å². The molecule has 1 saturated heterocycles. The van der Waals surface area contributed by atoms with Crippen LogP contribution in [0.25, 0.3) is 0 Å². The van der Waals surface area contributed by atoms with Crippen molar-refractivity contribution in [3.05, 3.63) is 0 Å². The summed E-state index contributed by atoms with van der Waals surface area (Å²) in [5.41, 5.74) is 0. The summed E-state index contributed by atoms with van der Waals surface area (Å²) in [7, 11) is 0. The van der Waals surface area contributed by atoms with Gasteiger partial charge in [-0.2, -0.15) is 0 Å². The average molecular weight is 198 g/mol. The minimum Gasteiger partial charge on any atom is -0.313 e. The lowest BCUT2D eigenvalue weighted by Gasteiger charge is -2.27. The molecule has 1 aliphatic heterocycles. The van der Waals surface area contributed by atoms with E-state index in [0.717, 1.165) is 18.5 Å². The van der Waals surface area contributed by atoms with E-state index in [4.69, 9.17) is 0 Å². The van der Waals surface area contributed by atoms with Crippen molar-refractivity contribution in [2.24, 2.45) is 5.92 Å². The largest absolute Gasteiger partial charge is 0.313 e. The van der Waals surface area contributed by atoms with Crippen LogP contribution in [0.3, 0.4) is 0 Å². The first-order valence-electron chi connectivity index (χ1n) is 6.20. The van der Waals surface area contributed by atoms with E-state index in [1.54, 1.807) is 0 Å². The molecule has 2 nitrogen and oxygen atoms in total. The third-order valence-electron chi connectivity index (χ3n) is 3.60. The van der Waals surface area contributed by atoms with Crippen molar-refractivity contribution in [2.75, 3.05) is 13.1 Å². The van der Waals surface area contributed by atoms with Crippen molar-refractivity contribution in [3.63, 3.8) is 0 Å². The van der Waals surface area contributed by atoms with Crippen LogP contribution in [-0.2, 0) is 0 Å². The molecule has 84 valence electrons. The van der Waals surface area contributed by atoms with E-state index in [2.05, 4.69) is 31.4 Å². The van der Waals surface area contributed by atoms with Crippen LogP contribution in [0.15, 0.2) is 0 Å². The number of hydrogen-bond acceptors (Lipinski definition) is 2. The molecule has 3 unspecified atom stereocenters. The van der Waals surface area contributed by atoms with Gasteiger partial charge in [-0.1, -0.05) is 26.7 Å². The van der Waals surface area contributed by atoms with E-state index >= 15 is 0 Å². The van der Waals surface area contributed by atoms with Crippen LogP contribution in [0.5, 0.6) is 0 Å². The second-order valence-electron chi connectivity index (χ2n) is 4.73. The first-order chi connectivity index (χ1) is 6.74. The average Bonchev–Trinajstić information content (AvgIpc) is 2.26. The summed E-state index contributed by atoms with van der Waals surface area (Å²) in [6.45, 7) is 9.25. The highest BCUT2D eigenvalue weighted by molar-refractivity contribution is 4.77. The lowest BCUT2D eigenvalue weighted by molar-refractivity contribution is 0.333. The van der Waals surface area contributed by atoms with Gasteiger partial charge in [0.05, 0.1) is 0 Å². The van der Waals surface area contributed by atoms with Gasteiger partial charge in [0.25, 0.3) is 0 Å². The maximum atomic E-state index is 3.64. The molecular weight excluding hydrogens is 172 g/mol. The zero-order valence-corrected chi connectivity index (χ0v) is 9.97. The van der Waals surface area contributed by atoms with Crippen LogP contribution in [0.4, 0.5) is 0 Å². The summed E-state index contributed by atoms with van der Waals surface area (Å²) >= 11 is 0. The van der Waals surface area contributed by atoms with Crippen molar-refractivity contribution in [3.8, 4) is 0 Å².